The minimum atomic E-state index is -0.973. The second kappa shape index (κ2) is 7.27. The van der Waals surface area contributed by atoms with Crippen molar-refractivity contribution in [3.63, 3.8) is 0 Å². The number of fused-ring (bicyclic) bond motifs is 1. The molecule has 0 fully saturated rings. The molecule has 0 aliphatic rings. The summed E-state index contributed by atoms with van der Waals surface area (Å²) in [6.07, 6.45) is 3.61. The van der Waals surface area contributed by atoms with Crippen LogP contribution < -0.4 is 9.47 Å². The number of rotatable bonds is 5. The second-order valence-electron chi connectivity index (χ2n) is 5.86. The fourth-order valence-electron chi connectivity index (χ4n) is 2.75. The molecule has 3 aromatic rings. The summed E-state index contributed by atoms with van der Waals surface area (Å²) in [5.41, 5.74) is 3.29. The van der Waals surface area contributed by atoms with Crippen molar-refractivity contribution in [2.75, 3.05) is 14.2 Å². The van der Waals surface area contributed by atoms with Crippen molar-refractivity contribution in [1.82, 2.24) is 4.98 Å². The number of pyridine rings is 1. The second-order valence-corrected chi connectivity index (χ2v) is 5.86. The van der Waals surface area contributed by atoms with E-state index in [0.29, 0.717) is 28.1 Å². The monoisotopic (exact) mass is 349 g/mol. The molecule has 0 saturated carbocycles. The highest BCUT2D eigenvalue weighted by Crippen LogP contribution is 2.27. The molecule has 26 heavy (non-hydrogen) atoms. The van der Waals surface area contributed by atoms with Crippen LogP contribution in [0.4, 0.5) is 0 Å². The topological polar surface area (TPSA) is 68.7 Å². The number of hydrogen-bond acceptors (Lipinski definition) is 4. The summed E-state index contributed by atoms with van der Waals surface area (Å²) >= 11 is 0. The van der Waals surface area contributed by atoms with Gasteiger partial charge in [-0.05, 0) is 49.4 Å². The Hall–Kier alpha value is -3.34. The van der Waals surface area contributed by atoms with E-state index in [0.717, 1.165) is 11.1 Å². The summed E-state index contributed by atoms with van der Waals surface area (Å²) in [7, 11) is 3.18. The van der Waals surface area contributed by atoms with Crippen LogP contribution in [-0.4, -0.2) is 30.3 Å². The van der Waals surface area contributed by atoms with Crippen molar-refractivity contribution in [1.29, 1.82) is 0 Å². The van der Waals surface area contributed by atoms with Gasteiger partial charge in [0.1, 0.15) is 11.5 Å². The molecule has 1 aromatic heterocycles. The lowest BCUT2D eigenvalue weighted by molar-refractivity contribution is 0.0699. The van der Waals surface area contributed by atoms with Crippen LogP contribution in [0.2, 0.25) is 0 Å². The summed E-state index contributed by atoms with van der Waals surface area (Å²) in [5.74, 6) is 0.390. The Kier molecular flexibility index (Phi) is 4.89. The number of carboxylic acid groups (broad SMARTS) is 1. The molecule has 0 atom stereocenters. The summed E-state index contributed by atoms with van der Waals surface area (Å²) in [6, 6.07) is 12.7. The molecule has 1 heterocycles. The van der Waals surface area contributed by atoms with Crippen LogP contribution in [0.25, 0.3) is 23.1 Å². The van der Waals surface area contributed by atoms with Gasteiger partial charge in [0.2, 0.25) is 0 Å². The maximum Gasteiger partial charge on any atom is 0.336 e. The van der Waals surface area contributed by atoms with E-state index in [1.165, 1.54) is 0 Å². The maximum absolute atomic E-state index is 11.6. The van der Waals surface area contributed by atoms with Crippen LogP contribution in [0.1, 0.15) is 27.2 Å². The number of aryl methyl sites for hydroxylation is 1. The van der Waals surface area contributed by atoms with Gasteiger partial charge in [-0.1, -0.05) is 11.6 Å². The van der Waals surface area contributed by atoms with Gasteiger partial charge >= 0.3 is 5.97 Å². The minimum Gasteiger partial charge on any atom is -0.497 e. The number of carbonyl (C=O) groups is 1. The van der Waals surface area contributed by atoms with E-state index in [-0.39, 0.29) is 5.56 Å². The smallest absolute Gasteiger partial charge is 0.336 e. The van der Waals surface area contributed by atoms with Crippen molar-refractivity contribution >= 4 is 29.0 Å². The van der Waals surface area contributed by atoms with Crippen molar-refractivity contribution in [2.24, 2.45) is 0 Å². The molecule has 0 saturated heterocycles. The highest BCUT2D eigenvalue weighted by Gasteiger charge is 2.11. The number of hydrogen-bond donors (Lipinski definition) is 1. The van der Waals surface area contributed by atoms with Gasteiger partial charge in [0.25, 0.3) is 0 Å². The van der Waals surface area contributed by atoms with Gasteiger partial charge in [0.05, 0.1) is 31.0 Å². The zero-order valence-corrected chi connectivity index (χ0v) is 14.8. The van der Waals surface area contributed by atoms with Crippen LogP contribution in [0.5, 0.6) is 11.5 Å². The highest BCUT2D eigenvalue weighted by atomic mass is 16.5. The molecule has 5 heteroatoms. The maximum atomic E-state index is 11.6. The summed E-state index contributed by atoms with van der Waals surface area (Å²) in [5, 5.41) is 10.2. The molecular formula is C21H19NO4. The first-order valence-corrected chi connectivity index (χ1v) is 8.06. The van der Waals surface area contributed by atoms with Crippen LogP contribution >= 0.6 is 0 Å². The SMILES string of the molecule is COc1ccc(C=Cc2cc(C(=O)O)c3cc(C)ccc3n2)c(OC)c1. The Bertz CT molecular complexity index is 1010. The fourth-order valence-corrected chi connectivity index (χ4v) is 2.75. The largest absolute Gasteiger partial charge is 0.497 e. The Morgan fingerprint density at radius 2 is 1.85 bits per heavy atom. The molecule has 2 aromatic carbocycles. The van der Waals surface area contributed by atoms with Gasteiger partial charge in [-0.25, -0.2) is 9.78 Å². The molecule has 1 N–H and O–H groups in total. The molecular weight excluding hydrogens is 330 g/mol. The van der Waals surface area contributed by atoms with E-state index in [1.54, 1.807) is 32.4 Å². The lowest BCUT2D eigenvalue weighted by Gasteiger charge is -2.08. The van der Waals surface area contributed by atoms with E-state index in [1.807, 2.05) is 43.3 Å². The molecule has 0 aliphatic carbocycles. The van der Waals surface area contributed by atoms with Gasteiger partial charge in [-0.15, -0.1) is 0 Å². The van der Waals surface area contributed by atoms with E-state index in [9.17, 15) is 9.90 Å². The molecule has 0 unspecified atom stereocenters. The highest BCUT2D eigenvalue weighted by molar-refractivity contribution is 6.03. The predicted octanol–water partition coefficient (Wildman–Crippen LogP) is 4.43. The third-order valence-electron chi connectivity index (χ3n) is 4.09. The lowest BCUT2D eigenvalue weighted by atomic mass is 10.0. The van der Waals surface area contributed by atoms with Gasteiger partial charge in [0.15, 0.2) is 0 Å². The number of nitrogens with zero attached hydrogens (tertiary/aromatic N) is 1. The van der Waals surface area contributed by atoms with Crippen LogP contribution in [-0.2, 0) is 0 Å². The van der Waals surface area contributed by atoms with E-state index >= 15 is 0 Å². The number of ether oxygens (including phenoxy) is 2. The normalized spacial score (nSPS) is 11.0. The van der Waals surface area contributed by atoms with Crippen LogP contribution in [0.3, 0.4) is 0 Å². The predicted molar refractivity (Wildman–Crippen MR) is 102 cm³/mol. The number of carboxylic acids is 1. The van der Waals surface area contributed by atoms with E-state index < -0.39 is 5.97 Å². The number of methoxy groups -OCH3 is 2. The zero-order chi connectivity index (χ0) is 18.7. The first-order valence-electron chi connectivity index (χ1n) is 8.06. The van der Waals surface area contributed by atoms with Crippen molar-refractivity contribution in [2.45, 2.75) is 6.92 Å². The summed E-state index contributed by atoms with van der Waals surface area (Å²) in [4.78, 5) is 16.2. The standard InChI is InChI=1S/C21H19NO4/c1-13-4-9-19-17(10-13)18(21(23)24)11-15(22-19)7-5-14-6-8-16(25-2)12-20(14)26-3/h4-12H,1-3H3,(H,23,24). The Morgan fingerprint density at radius 3 is 2.54 bits per heavy atom. The molecule has 5 nitrogen and oxygen atoms in total. The van der Waals surface area contributed by atoms with E-state index in [4.69, 9.17) is 9.47 Å². The zero-order valence-electron chi connectivity index (χ0n) is 14.8. The quantitative estimate of drug-likeness (QED) is 0.738. The molecule has 0 radical (unpaired) electrons. The first-order chi connectivity index (χ1) is 12.5. The summed E-state index contributed by atoms with van der Waals surface area (Å²) < 4.78 is 10.6. The Labute approximate surface area is 151 Å². The minimum absolute atomic E-state index is 0.236. The van der Waals surface area contributed by atoms with Crippen molar-refractivity contribution in [3.05, 3.63) is 64.8 Å². The van der Waals surface area contributed by atoms with Gasteiger partial charge in [-0.3, -0.25) is 0 Å². The fraction of sp³-hybridized carbons (Fsp3) is 0.143. The summed E-state index contributed by atoms with van der Waals surface area (Å²) in [6.45, 7) is 1.93. The average Bonchev–Trinajstić information content (AvgIpc) is 2.65. The Morgan fingerprint density at radius 1 is 1.04 bits per heavy atom. The van der Waals surface area contributed by atoms with Crippen molar-refractivity contribution < 1.29 is 19.4 Å². The van der Waals surface area contributed by atoms with Crippen LogP contribution in [0.15, 0.2) is 42.5 Å². The molecule has 132 valence electrons. The van der Waals surface area contributed by atoms with E-state index in [2.05, 4.69) is 4.98 Å². The Balaban J connectivity index is 2.05. The first kappa shape index (κ1) is 17.5. The third-order valence-corrected chi connectivity index (χ3v) is 4.09. The van der Waals surface area contributed by atoms with Gasteiger partial charge < -0.3 is 14.6 Å². The third kappa shape index (κ3) is 3.52. The molecule has 0 spiro atoms. The van der Waals surface area contributed by atoms with Crippen LogP contribution in [0, 0.1) is 6.92 Å². The molecule has 3 rings (SSSR count). The molecule has 0 aliphatic heterocycles. The van der Waals surface area contributed by atoms with Crippen molar-refractivity contribution in [3.8, 4) is 11.5 Å². The number of benzene rings is 2. The molecule has 0 amide bonds. The number of aromatic nitrogens is 1. The van der Waals surface area contributed by atoms with Gasteiger partial charge in [-0.2, -0.15) is 0 Å². The lowest BCUT2D eigenvalue weighted by Crippen LogP contribution is -2.00. The average molecular weight is 349 g/mol. The number of aromatic carboxylic acids is 1. The van der Waals surface area contributed by atoms with Gasteiger partial charge in [0, 0.05) is 17.0 Å². The molecule has 0 bridgehead atoms.